The highest BCUT2D eigenvalue weighted by Gasteiger charge is 2.34. The molecule has 2 aromatic rings. The first-order valence-corrected chi connectivity index (χ1v) is 11.9. The number of fused-ring (bicyclic) bond motifs is 1. The van der Waals surface area contributed by atoms with Gasteiger partial charge in [0.1, 0.15) is 6.23 Å². The lowest BCUT2D eigenvalue weighted by atomic mass is 10.2. The van der Waals surface area contributed by atoms with E-state index in [1.807, 2.05) is 6.92 Å². The Kier molecular flexibility index (Phi) is 6.82. The second-order valence-electron chi connectivity index (χ2n) is 7.69. The number of amides is 2. The Hall–Kier alpha value is -3.15. The fraction of sp³-hybridized carbons (Fsp3) is 0.364. The van der Waals surface area contributed by atoms with Crippen molar-refractivity contribution in [2.75, 3.05) is 26.5 Å². The Labute approximate surface area is 191 Å². The Balaban J connectivity index is 1.33. The van der Waals surface area contributed by atoms with Crippen LogP contribution in [0.25, 0.3) is 0 Å². The first kappa shape index (κ1) is 23.0. The maximum Gasteiger partial charge on any atom is 0.309 e. The summed E-state index contributed by atoms with van der Waals surface area (Å²) in [6, 6.07) is 11.7. The van der Waals surface area contributed by atoms with Crippen LogP contribution in [0.4, 0.5) is 0 Å². The van der Waals surface area contributed by atoms with Gasteiger partial charge in [-0.25, -0.2) is 8.42 Å². The van der Waals surface area contributed by atoms with Crippen molar-refractivity contribution in [2.24, 2.45) is 0 Å². The van der Waals surface area contributed by atoms with E-state index < -0.39 is 28.1 Å². The van der Waals surface area contributed by atoms with Crippen molar-refractivity contribution in [3.63, 3.8) is 0 Å². The normalized spacial score (nSPS) is 18.0. The molecule has 2 N–H and O–H groups in total. The van der Waals surface area contributed by atoms with E-state index in [4.69, 9.17) is 14.2 Å². The molecule has 2 aromatic carbocycles. The van der Waals surface area contributed by atoms with Gasteiger partial charge in [-0.05, 0) is 43.2 Å². The van der Waals surface area contributed by atoms with Gasteiger partial charge in [0.05, 0.1) is 18.0 Å². The van der Waals surface area contributed by atoms with E-state index in [1.165, 1.54) is 4.31 Å². The first-order chi connectivity index (χ1) is 15.8. The van der Waals surface area contributed by atoms with Gasteiger partial charge < -0.3 is 24.8 Å². The van der Waals surface area contributed by atoms with Crippen LogP contribution in [-0.4, -0.2) is 57.3 Å². The number of hydrogen-bond donors (Lipinski definition) is 2. The lowest BCUT2D eigenvalue weighted by molar-refractivity contribution is -0.140. The second-order valence-corrected chi connectivity index (χ2v) is 9.58. The number of nitrogens with zero attached hydrogens (tertiary/aromatic N) is 1. The molecule has 4 rings (SSSR count). The molecule has 1 unspecified atom stereocenters. The zero-order valence-electron chi connectivity index (χ0n) is 18.1. The largest absolute Gasteiger partial charge is 0.454 e. The number of carbonyl (C=O) groups excluding carboxylic acids is 2. The van der Waals surface area contributed by atoms with Gasteiger partial charge >= 0.3 is 11.8 Å². The minimum absolute atomic E-state index is 0.122. The molecule has 11 heteroatoms. The summed E-state index contributed by atoms with van der Waals surface area (Å²) in [5.74, 6) is -0.509. The predicted molar refractivity (Wildman–Crippen MR) is 117 cm³/mol. The minimum Gasteiger partial charge on any atom is -0.454 e. The van der Waals surface area contributed by atoms with Crippen LogP contribution in [0.15, 0.2) is 47.4 Å². The second kappa shape index (κ2) is 9.77. The van der Waals surface area contributed by atoms with Gasteiger partial charge in [0.2, 0.25) is 16.8 Å². The summed E-state index contributed by atoms with van der Waals surface area (Å²) in [5.41, 5.74) is 1.69. The SMILES string of the molecule is Cc1ccc(S(=O)(=O)N2CCCOC2CNC(=O)C(=O)NCc2ccc3c(c2)OCO3)cc1. The summed E-state index contributed by atoms with van der Waals surface area (Å²) >= 11 is 0. The average molecular weight is 476 g/mol. The Morgan fingerprint density at radius 3 is 2.55 bits per heavy atom. The molecular weight excluding hydrogens is 450 g/mol. The zero-order chi connectivity index (χ0) is 23.4. The summed E-state index contributed by atoms with van der Waals surface area (Å²) in [5, 5.41) is 5.00. The molecule has 0 aromatic heterocycles. The van der Waals surface area contributed by atoms with Crippen molar-refractivity contribution in [3.8, 4) is 11.5 Å². The van der Waals surface area contributed by atoms with Crippen LogP contribution in [0.5, 0.6) is 11.5 Å². The number of hydrogen-bond acceptors (Lipinski definition) is 7. The van der Waals surface area contributed by atoms with E-state index in [9.17, 15) is 18.0 Å². The van der Waals surface area contributed by atoms with Crippen molar-refractivity contribution < 1.29 is 32.2 Å². The third kappa shape index (κ3) is 5.27. The molecule has 2 aliphatic rings. The van der Waals surface area contributed by atoms with Crippen molar-refractivity contribution >= 4 is 21.8 Å². The average Bonchev–Trinajstić information content (AvgIpc) is 3.29. The van der Waals surface area contributed by atoms with Crippen LogP contribution in [0.1, 0.15) is 17.5 Å². The summed E-state index contributed by atoms with van der Waals surface area (Å²) in [6.07, 6.45) is -0.374. The standard InChI is InChI=1S/C22H25N3O7S/c1-15-3-6-17(7-4-15)33(28,29)25-9-2-10-30-20(25)13-24-22(27)21(26)23-12-16-5-8-18-19(11-16)32-14-31-18/h3-8,11,20H,2,9-10,12-14H2,1H3,(H,23,26)(H,24,27). The van der Waals surface area contributed by atoms with Gasteiger partial charge in [0.15, 0.2) is 11.5 Å². The van der Waals surface area contributed by atoms with Crippen LogP contribution in [-0.2, 0) is 30.9 Å². The smallest absolute Gasteiger partial charge is 0.309 e. The molecule has 0 radical (unpaired) electrons. The summed E-state index contributed by atoms with van der Waals surface area (Å²) < 4.78 is 43.5. The number of carbonyl (C=O) groups is 2. The quantitative estimate of drug-likeness (QED) is 0.595. The number of nitrogens with one attached hydrogen (secondary N) is 2. The van der Waals surface area contributed by atoms with Crippen LogP contribution in [0.2, 0.25) is 0 Å². The third-order valence-electron chi connectivity index (χ3n) is 5.32. The zero-order valence-corrected chi connectivity index (χ0v) is 18.9. The third-order valence-corrected chi connectivity index (χ3v) is 7.22. The van der Waals surface area contributed by atoms with E-state index in [-0.39, 0.29) is 31.3 Å². The van der Waals surface area contributed by atoms with E-state index in [1.54, 1.807) is 42.5 Å². The van der Waals surface area contributed by atoms with Gasteiger partial charge in [-0.1, -0.05) is 23.8 Å². The summed E-state index contributed by atoms with van der Waals surface area (Å²) in [7, 11) is -3.81. The Morgan fingerprint density at radius 1 is 1.03 bits per heavy atom. The van der Waals surface area contributed by atoms with Gasteiger partial charge in [0, 0.05) is 13.1 Å². The van der Waals surface area contributed by atoms with Gasteiger partial charge in [-0.3, -0.25) is 9.59 Å². The van der Waals surface area contributed by atoms with Gasteiger partial charge in [-0.2, -0.15) is 4.31 Å². The first-order valence-electron chi connectivity index (χ1n) is 10.5. The van der Waals surface area contributed by atoms with Crippen molar-refractivity contribution in [2.45, 2.75) is 31.0 Å². The fourth-order valence-electron chi connectivity index (χ4n) is 3.52. The predicted octanol–water partition coefficient (Wildman–Crippen LogP) is 0.893. The molecule has 2 aliphatic heterocycles. The highest BCUT2D eigenvalue weighted by Crippen LogP contribution is 2.32. The number of benzene rings is 2. The molecule has 2 amide bonds. The van der Waals surface area contributed by atoms with E-state index in [0.717, 1.165) is 11.1 Å². The summed E-state index contributed by atoms with van der Waals surface area (Å²) in [6.45, 7) is 2.60. The highest BCUT2D eigenvalue weighted by molar-refractivity contribution is 7.89. The lowest BCUT2D eigenvalue weighted by Gasteiger charge is -2.34. The van der Waals surface area contributed by atoms with Crippen molar-refractivity contribution in [1.29, 1.82) is 0 Å². The maximum atomic E-state index is 13.1. The van der Waals surface area contributed by atoms with Crippen LogP contribution < -0.4 is 20.1 Å². The number of rotatable bonds is 6. The molecule has 10 nitrogen and oxygen atoms in total. The molecular formula is C22H25N3O7S. The molecule has 1 saturated heterocycles. The molecule has 1 atom stereocenters. The molecule has 0 saturated carbocycles. The molecule has 0 spiro atoms. The van der Waals surface area contributed by atoms with Gasteiger partial charge in [0.25, 0.3) is 0 Å². The minimum atomic E-state index is -3.81. The number of ether oxygens (including phenoxy) is 3. The van der Waals surface area contributed by atoms with Crippen LogP contribution >= 0.6 is 0 Å². The highest BCUT2D eigenvalue weighted by atomic mass is 32.2. The number of aryl methyl sites for hydroxylation is 1. The van der Waals surface area contributed by atoms with Crippen LogP contribution in [0, 0.1) is 6.92 Å². The van der Waals surface area contributed by atoms with E-state index in [2.05, 4.69) is 10.6 Å². The molecule has 0 aliphatic carbocycles. The van der Waals surface area contributed by atoms with E-state index in [0.29, 0.717) is 24.5 Å². The Morgan fingerprint density at radius 2 is 1.76 bits per heavy atom. The molecule has 33 heavy (non-hydrogen) atoms. The maximum absolute atomic E-state index is 13.1. The van der Waals surface area contributed by atoms with Crippen molar-refractivity contribution in [1.82, 2.24) is 14.9 Å². The molecule has 2 heterocycles. The van der Waals surface area contributed by atoms with E-state index >= 15 is 0 Å². The molecule has 176 valence electrons. The summed E-state index contributed by atoms with van der Waals surface area (Å²) in [4.78, 5) is 24.6. The van der Waals surface area contributed by atoms with Gasteiger partial charge in [-0.15, -0.1) is 0 Å². The monoisotopic (exact) mass is 475 g/mol. The number of sulfonamides is 1. The topological polar surface area (TPSA) is 123 Å². The molecule has 1 fully saturated rings. The lowest BCUT2D eigenvalue weighted by Crippen LogP contribution is -2.53. The van der Waals surface area contributed by atoms with Crippen molar-refractivity contribution in [3.05, 3.63) is 53.6 Å². The fourth-order valence-corrected chi connectivity index (χ4v) is 5.09. The van der Waals surface area contributed by atoms with Crippen LogP contribution in [0.3, 0.4) is 0 Å². The Bertz CT molecular complexity index is 1140. The molecule has 0 bridgehead atoms.